The Labute approximate surface area is 105 Å². The van der Waals surface area contributed by atoms with E-state index in [2.05, 4.69) is 43.8 Å². The largest absolute Gasteiger partial charge is 0.314 e. The molecule has 0 radical (unpaired) electrons. The number of aromatic nitrogens is 1. The van der Waals surface area contributed by atoms with E-state index in [0.29, 0.717) is 0 Å². The first-order valence-corrected chi connectivity index (χ1v) is 6.29. The Hall–Kier alpha value is -0.710. The number of rotatable bonds is 3. The van der Waals surface area contributed by atoms with Crippen LogP contribution in [0.4, 0.5) is 0 Å². The van der Waals surface area contributed by atoms with Crippen LogP contribution in [0, 0.1) is 0 Å². The fourth-order valence-electron chi connectivity index (χ4n) is 1.98. The Bertz CT molecular complexity index is 344. The fraction of sp³-hybridized carbons (Fsp3) is 0.417. The van der Waals surface area contributed by atoms with Gasteiger partial charge in [-0.3, -0.25) is 9.88 Å². The maximum Gasteiger partial charge on any atom is 0.0704 e. The molecule has 1 aliphatic heterocycles. The standard InChI is InChI=1S/C12H16BrN3/c1-2-12(16-7-5-14-6-8-16)11-4-3-10(13)9-15-11/h2-4,9,12,14H,1,5-8H2/t12-/m0/s1. The van der Waals surface area contributed by atoms with E-state index in [9.17, 15) is 0 Å². The summed E-state index contributed by atoms with van der Waals surface area (Å²) in [5, 5.41) is 3.35. The van der Waals surface area contributed by atoms with E-state index in [1.807, 2.05) is 18.3 Å². The summed E-state index contributed by atoms with van der Waals surface area (Å²) in [7, 11) is 0. The molecular weight excluding hydrogens is 266 g/mol. The SMILES string of the molecule is C=C[C@@H](c1ccc(Br)cn1)N1CCNCC1. The van der Waals surface area contributed by atoms with E-state index < -0.39 is 0 Å². The van der Waals surface area contributed by atoms with Gasteiger partial charge in [0.1, 0.15) is 0 Å². The second kappa shape index (κ2) is 5.57. The van der Waals surface area contributed by atoms with Crippen molar-refractivity contribution in [3.8, 4) is 0 Å². The summed E-state index contributed by atoms with van der Waals surface area (Å²) in [5.41, 5.74) is 1.07. The van der Waals surface area contributed by atoms with Crippen molar-refractivity contribution in [2.24, 2.45) is 0 Å². The summed E-state index contributed by atoms with van der Waals surface area (Å²) in [6.45, 7) is 8.11. The molecule has 1 aliphatic rings. The second-order valence-electron chi connectivity index (χ2n) is 3.87. The molecule has 0 amide bonds. The zero-order valence-electron chi connectivity index (χ0n) is 9.19. The van der Waals surface area contributed by atoms with Gasteiger partial charge in [-0.1, -0.05) is 6.08 Å². The molecular formula is C12H16BrN3. The van der Waals surface area contributed by atoms with Crippen molar-refractivity contribution in [2.45, 2.75) is 6.04 Å². The van der Waals surface area contributed by atoms with Crippen LogP contribution in [-0.2, 0) is 0 Å². The zero-order chi connectivity index (χ0) is 11.4. The summed E-state index contributed by atoms with van der Waals surface area (Å²) in [6.07, 6.45) is 3.82. The maximum absolute atomic E-state index is 4.44. The summed E-state index contributed by atoms with van der Waals surface area (Å²) in [6, 6.07) is 4.31. The Morgan fingerprint density at radius 2 is 2.19 bits per heavy atom. The monoisotopic (exact) mass is 281 g/mol. The number of hydrogen-bond donors (Lipinski definition) is 1. The molecule has 2 rings (SSSR count). The average Bonchev–Trinajstić information content (AvgIpc) is 2.34. The van der Waals surface area contributed by atoms with Crippen LogP contribution in [0.2, 0.25) is 0 Å². The van der Waals surface area contributed by atoms with Crippen LogP contribution in [0.25, 0.3) is 0 Å². The lowest BCUT2D eigenvalue weighted by Crippen LogP contribution is -2.44. The van der Waals surface area contributed by atoms with E-state index in [1.54, 1.807) is 0 Å². The highest BCUT2D eigenvalue weighted by atomic mass is 79.9. The summed E-state index contributed by atoms with van der Waals surface area (Å²) < 4.78 is 1.01. The third-order valence-corrected chi connectivity index (χ3v) is 3.29. The first kappa shape index (κ1) is 11.8. The smallest absolute Gasteiger partial charge is 0.0704 e. The highest BCUT2D eigenvalue weighted by Crippen LogP contribution is 2.21. The molecule has 1 aromatic heterocycles. The van der Waals surface area contributed by atoms with Gasteiger partial charge in [-0.15, -0.1) is 6.58 Å². The molecule has 1 N–H and O–H groups in total. The molecule has 0 spiro atoms. The van der Waals surface area contributed by atoms with Gasteiger partial charge in [0.2, 0.25) is 0 Å². The van der Waals surface area contributed by atoms with Crippen molar-refractivity contribution < 1.29 is 0 Å². The number of hydrogen-bond acceptors (Lipinski definition) is 3. The third kappa shape index (κ3) is 2.70. The number of halogens is 1. The first-order chi connectivity index (χ1) is 7.81. The maximum atomic E-state index is 4.44. The topological polar surface area (TPSA) is 28.2 Å². The van der Waals surface area contributed by atoms with Gasteiger partial charge < -0.3 is 5.32 Å². The second-order valence-corrected chi connectivity index (χ2v) is 4.78. The van der Waals surface area contributed by atoms with Gasteiger partial charge in [-0.05, 0) is 28.1 Å². The molecule has 0 bridgehead atoms. The third-order valence-electron chi connectivity index (χ3n) is 2.82. The minimum atomic E-state index is 0.232. The van der Waals surface area contributed by atoms with Gasteiger partial charge in [0.05, 0.1) is 11.7 Å². The average molecular weight is 282 g/mol. The van der Waals surface area contributed by atoms with E-state index >= 15 is 0 Å². The van der Waals surface area contributed by atoms with Gasteiger partial charge in [0.15, 0.2) is 0 Å². The normalized spacial score (nSPS) is 19.3. The molecule has 86 valence electrons. The van der Waals surface area contributed by atoms with Crippen molar-refractivity contribution in [1.82, 2.24) is 15.2 Å². The minimum Gasteiger partial charge on any atom is -0.314 e. The van der Waals surface area contributed by atoms with E-state index in [1.165, 1.54) is 0 Å². The molecule has 0 aliphatic carbocycles. The quantitative estimate of drug-likeness (QED) is 0.859. The predicted octanol–water partition coefficient (Wildman–Crippen LogP) is 1.98. The Morgan fingerprint density at radius 3 is 2.75 bits per heavy atom. The lowest BCUT2D eigenvalue weighted by molar-refractivity contribution is 0.200. The van der Waals surface area contributed by atoms with E-state index in [4.69, 9.17) is 0 Å². The van der Waals surface area contributed by atoms with Gasteiger partial charge in [-0.25, -0.2) is 0 Å². The Balaban J connectivity index is 2.14. The van der Waals surface area contributed by atoms with Crippen LogP contribution in [0.1, 0.15) is 11.7 Å². The van der Waals surface area contributed by atoms with Crippen molar-refractivity contribution in [3.05, 3.63) is 41.2 Å². The van der Waals surface area contributed by atoms with Gasteiger partial charge in [-0.2, -0.15) is 0 Å². The van der Waals surface area contributed by atoms with Crippen LogP contribution in [-0.4, -0.2) is 36.1 Å². The molecule has 1 fully saturated rings. The highest BCUT2D eigenvalue weighted by Gasteiger charge is 2.19. The summed E-state index contributed by atoms with van der Waals surface area (Å²) in [5.74, 6) is 0. The molecule has 1 aromatic rings. The number of nitrogens with zero attached hydrogens (tertiary/aromatic N) is 2. The van der Waals surface area contributed by atoms with Crippen LogP contribution in [0.15, 0.2) is 35.5 Å². The zero-order valence-corrected chi connectivity index (χ0v) is 10.8. The van der Waals surface area contributed by atoms with Crippen LogP contribution in [0.3, 0.4) is 0 Å². The lowest BCUT2D eigenvalue weighted by Gasteiger charge is -2.32. The molecule has 0 unspecified atom stereocenters. The van der Waals surface area contributed by atoms with Crippen molar-refractivity contribution >= 4 is 15.9 Å². The molecule has 1 atom stereocenters. The van der Waals surface area contributed by atoms with E-state index in [0.717, 1.165) is 36.3 Å². The van der Waals surface area contributed by atoms with E-state index in [-0.39, 0.29) is 6.04 Å². The van der Waals surface area contributed by atoms with Gasteiger partial charge in [0, 0.05) is 36.8 Å². The molecule has 2 heterocycles. The predicted molar refractivity (Wildman–Crippen MR) is 69.3 cm³/mol. The molecule has 16 heavy (non-hydrogen) atoms. The van der Waals surface area contributed by atoms with Crippen LogP contribution in [0.5, 0.6) is 0 Å². The van der Waals surface area contributed by atoms with Crippen LogP contribution >= 0.6 is 15.9 Å². The first-order valence-electron chi connectivity index (χ1n) is 5.50. The molecule has 3 nitrogen and oxygen atoms in total. The Morgan fingerprint density at radius 1 is 1.44 bits per heavy atom. The van der Waals surface area contributed by atoms with Gasteiger partial charge in [0.25, 0.3) is 0 Å². The lowest BCUT2D eigenvalue weighted by atomic mass is 10.1. The fourth-order valence-corrected chi connectivity index (χ4v) is 2.21. The number of nitrogens with one attached hydrogen (secondary N) is 1. The number of piperazine rings is 1. The molecule has 0 saturated carbocycles. The molecule has 1 saturated heterocycles. The van der Waals surface area contributed by atoms with Crippen molar-refractivity contribution in [3.63, 3.8) is 0 Å². The highest BCUT2D eigenvalue weighted by molar-refractivity contribution is 9.10. The number of pyridine rings is 1. The van der Waals surface area contributed by atoms with Crippen molar-refractivity contribution in [1.29, 1.82) is 0 Å². The van der Waals surface area contributed by atoms with Crippen molar-refractivity contribution in [2.75, 3.05) is 26.2 Å². The molecule has 4 heteroatoms. The van der Waals surface area contributed by atoms with Gasteiger partial charge >= 0.3 is 0 Å². The van der Waals surface area contributed by atoms with Crippen LogP contribution < -0.4 is 5.32 Å². The summed E-state index contributed by atoms with van der Waals surface area (Å²) >= 11 is 3.40. The minimum absolute atomic E-state index is 0.232. The summed E-state index contributed by atoms with van der Waals surface area (Å²) in [4.78, 5) is 6.85. The Kier molecular flexibility index (Phi) is 4.09. The molecule has 0 aromatic carbocycles.